The van der Waals surface area contributed by atoms with Crippen molar-refractivity contribution in [1.29, 1.82) is 0 Å². The Bertz CT molecular complexity index is 1150. The average Bonchev–Trinajstić information content (AvgIpc) is 3.30. The molecule has 6 N–H and O–H groups in total. The molecule has 0 aliphatic carbocycles. The van der Waals surface area contributed by atoms with E-state index in [9.17, 15) is 24.1 Å². The van der Waals surface area contributed by atoms with Gasteiger partial charge in [0.05, 0.1) is 6.33 Å². The van der Waals surface area contributed by atoms with Gasteiger partial charge < -0.3 is 20.7 Å². The van der Waals surface area contributed by atoms with Gasteiger partial charge in [-0.3, -0.25) is 9.46 Å². The van der Waals surface area contributed by atoms with Gasteiger partial charge in [0.2, 0.25) is 0 Å². The van der Waals surface area contributed by atoms with E-state index in [2.05, 4.69) is 29.7 Å². The molecule has 0 saturated carbocycles. The predicted octanol–water partition coefficient (Wildman–Crippen LogP) is -0.0632. The normalized spacial score (nSPS) is 24.8. The molecule has 178 valence electrons. The Morgan fingerprint density at radius 1 is 1.24 bits per heavy atom. The molecule has 33 heavy (non-hydrogen) atoms. The van der Waals surface area contributed by atoms with Crippen molar-refractivity contribution >= 4 is 24.8 Å². The fourth-order valence-corrected chi connectivity index (χ4v) is 3.62. The number of hydrogen-bond donors (Lipinski definition) is 5. The first kappa shape index (κ1) is 23.6. The Kier molecular flexibility index (Phi) is 6.94. The molecule has 1 unspecified atom stereocenters. The van der Waals surface area contributed by atoms with E-state index in [1.54, 1.807) is 24.3 Å². The van der Waals surface area contributed by atoms with Gasteiger partial charge in [0.1, 0.15) is 24.9 Å². The highest BCUT2D eigenvalue weighted by atomic mass is 31.2. The van der Waals surface area contributed by atoms with Crippen LogP contribution in [0.25, 0.3) is 11.2 Å². The molecule has 3 heterocycles. The van der Waals surface area contributed by atoms with Crippen molar-refractivity contribution in [3.05, 3.63) is 48.3 Å². The summed E-state index contributed by atoms with van der Waals surface area (Å²) in [5, 5.41) is 20.6. The molecule has 3 aromatic rings. The Labute approximate surface area is 185 Å². The lowest BCUT2D eigenvalue weighted by molar-refractivity contribution is -0.249. The number of aliphatic hydroxyl groups excluding tert-OH is 2. The molecule has 1 saturated heterocycles. The second-order valence-corrected chi connectivity index (χ2v) is 8.24. The summed E-state index contributed by atoms with van der Waals surface area (Å²) in [6, 6.07) is 8.93. The van der Waals surface area contributed by atoms with E-state index in [4.69, 9.17) is 15.4 Å². The van der Waals surface area contributed by atoms with Crippen molar-refractivity contribution < 1.29 is 43.0 Å². The number of nitrogens with zero attached hydrogens (tertiary/aromatic N) is 4. The molecule has 16 heteroatoms. The molecule has 4 rings (SSSR count). The third-order valence-electron chi connectivity index (χ3n) is 4.71. The summed E-state index contributed by atoms with van der Waals surface area (Å²) in [5.41, 5.74) is 8.70. The van der Waals surface area contributed by atoms with E-state index in [-0.39, 0.29) is 23.5 Å². The maximum Gasteiger partial charge on any atom is 0.516 e. The van der Waals surface area contributed by atoms with Crippen LogP contribution in [0.2, 0.25) is 0 Å². The Morgan fingerprint density at radius 2 is 2.00 bits per heavy atom. The van der Waals surface area contributed by atoms with Gasteiger partial charge in [-0.1, -0.05) is 30.3 Å². The summed E-state index contributed by atoms with van der Waals surface area (Å²) >= 11 is 0. The number of nitrogen functional groups attached to an aromatic ring is 1. The molecular weight excluding hydrogens is 466 g/mol. The first-order chi connectivity index (χ1) is 15.7. The lowest BCUT2D eigenvalue weighted by Crippen LogP contribution is -2.33. The Balaban J connectivity index is 1.32. The quantitative estimate of drug-likeness (QED) is 0.117. The van der Waals surface area contributed by atoms with Crippen LogP contribution < -0.4 is 11.2 Å². The highest BCUT2D eigenvalue weighted by Crippen LogP contribution is 2.42. The number of aliphatic hydroxyl groups is 2. The number of fused-ring (bicyclic) bond motifs is 1. The number of ether oxygens (including phenoxy) is 1. The molecule has 1 aromatic carbocycles. The molecule has 14 nitrogen and oxygen atoms in total. The van der Waals surface area contributed by atoms with E-state index in [1.165, 1.54) is 10.9 Å². The van der Waals surface area contributed by atoms with Crippen molar-refractivity contribution in [1.82, 2.24) is 25.0 Å². The minimum absolute atomic E-state index is 0.0631. The molecule has 0 amide bonds. The van der Waals surface area contributed by atoms with Crippen molar-refractivity contribution in [3.8, 4) is 0 Å². The third-order valence-corrected chi connectivity index (χ3v) is 5.36. The summed E-state index contributed by atoms with van der Waals surface area (Å²) in [6.45, 7) is -0.431. The number of phosphoric acid groups is 1. The topological polar surface area (TPSA) is 196 Å². The van der Waals surface area contributed by atoms with E-state index in [0.717, 1.165) is 5.56 Å². The molecule has 0 spiro atoms. The summed E-state index contributed by atoms with van der Waals surface area (Å²) in [6.07, 6.45) is -5.34. The SMILES string of the molecule is Nc1nc(F)nc2c1ncn2[C@@H]1O[C@H](COOP(=O)(O)ONCc2ccccc2)[C@@H](O)[C@@H]1O. The predicted molar refractivity (Wildman–Crippen MR) is 107 cm³/mol. The van der Waals surface area contributed by atoms with Crippen molar-refractivity contribution in [3.63, 3.8) is 0 Å². The van der Waals surface area contributed by atoms with Crippen LogP contribution in [-0.4, -0.2) is 59.5 Å². The number of rotatable bonds is 9. The van der Waals surface area contributed by atoms with E-state index in [1.807, 2.05) is 6.07 Å². The number of halogens is 1. The zero-order chi connectivity index (χ0) is 23.6. The van der Waals surface area contributed by atoms with Gasteiger partial charge in [-0.2, -0.15) is 24.5 Å². The first-order valence-electron chi connectivity index (χ1n) is 9.51. The summed E-state index contributed by atoms with van der Waals surface area (Å²) in [5.74, 6) is -0.211. The summed E-state index contributed by atoms with van der Waals surface area (Å²) in [7, 11) is -4.65. The molecule has 0 radical (unpaired) electrons. The molecule has 0 bridgehead atoms. The van der Waals surface area contributed by atoms with E-state index >= 15 is 0 Å². The smallest absolute Gasteiger partial charge is 0.387 e. The molecular formula is C17H20FN6O8P. The highest BCUT2D eigenvalue weighted by Gasteiger charge is 2.45. The van der Waals surface area contributed by atoms with Gasteiger partial charge in [0, 0.05) is 6.54 Å². The van der Waals surface area contributed by atoms with Crippen molar-refractivity contribution in [2.24, 2.45) is 0 Å². The van der Waals surface area contributed by atoms with E-state index < -0.39 is 45.0 Å². The standard InChI is InChI=1S/C17H20FN6O8P/c18-17-22-14(19)11-15(23-17)24(8-20-11)16-13(26)12(25)10(30-16)7-29-32-33(27,28)31-21-6-9-4-2-1-3-5-9/h1-5,8,10,12-13,16,21,25-26H,6-7H2,(H,27,28)(H2,19,22,23)/t10-,12-,13+,16-/m1/s1. The number of nitrogens with one attached hydrogen (secondary N) is 1. The zero-order valence-electron chi connectivity index (χ0n) is 16.8. The molecule has 1 aliphatic rings. The molecule has 5 atom stereocenters. The second kappa shape index (κ2) is 9.72. The fraction of sp³-hybridized carbons (Fsp3) is 0.353. The van der Waals surface area contributed by atoms with Gasteiger partial charge in [-0.25, -0.2) is 14.4 Å². The lowest BCUT2D eigenvalue weighted by Gasteiger charge is -2.16. The van der Waals surface area contributed by atoms with Gasteiger partial charge >= 0.3 is 13.9 Å². The van der Waals surface area contributed by atoms with Crippen LogP contribution in [-0.2, 0) is 30.0 Å². The third kappa shape index (κ3) is 5.33. The zero-order valence-corrected chi connectivity index (χ0v) is 17.7. The lowest BCUT2D eigenvalue weighted by atomic mass is 10.1. The van der Waals surface area contributed by atoms with Crippen LogP contribution in [0, 0.1) is 6.08 Å². The summed E-state index contributed by atoms with van der Waals surface area (Å²) in [4.78, 5) is 25.3. The van der Waals surface area contributed by atoms with Gasteiger partial charge in [-0.15, -0.1) is 4.67 Å². The maximum atomic E-state index is 13.6. The number of nitrogens with two attached hydrogens (primary N) is 1. The molecule has 2 aromatic heterocycles. The van der Waals surface area contributed by atoms with E-state index in [0.29, 0.717) is 0 Å². The fourth-order valence-electron chi connectivity index (χ4n) is 3.17. The minimum atomic E-state index is -4.65. The second-order valence-electron chi connectivity index (χ2n) is 6.97. The maximum absolute atomic E-state index is 13.6. The number of imidazole rings is 1. The molecule has 1 aliphatic heterocycles. The van der Waals surface area contributed by atoms with Gasteiger partial charge in [-0.05, 0) is 5.56 Å². The first-order valence-corrected chi connectivity index (χ1v) is 11.0. The van der Waals surface area contributed by atoms with Crippen LogP contribution in [0.1, 0.15) is 11.8 Å². The number of hydroxylamine groups is 1. The van der Waals surface area contributed by atoms with Crippen molar-refractivity contribution in [2.45, 2.75) is 31.1 Å². The van der Waals surface area contributed by atoms with Crippen LogP contribution in [0.5, 0.6) is 0 Å². The number of hydrogen-bond acceptors (Lipinski definition) is 12. The number of aromatic nitrogens is 4. The van der Waals surface area contributed by atoms with Crippen molar-refractivity contribution in [2.75, 3.05) is 12.3 Å². The highest BCUT2D eigenvalue weighted by molar-refractivity contribution is 7.47. The monoisotopic (exact) mass is 486 g/mol. The molecule has 1 fully saturated rings. The van der Waals surface area contributed by atoms with Gasteiger partial charge in [0.25, 0.3) is 0 Å². The van der Waals surface area contributed by atoms with Crippen LogP contribution in [0.4, 0.5) is 10.2 Å². The van der Waals surface area contributed by atoms with Crippen LogP contribution in [0.3, 0.4) is 0 Å². The minimum Gasteiger partial charge on any atom is -0.387 e. The Hall–Kier alpha value is -2.59. The average molecular weight is 486 g/mol. The summed E-state index contributed by atoms with van der Waals surface area (Å²) < 4.78 is 41.1. The van der Waals surface area contributed by atoms with Crippen LogP contribution in [0.15, 0.2) is 36.7 Å². The van der Waals surface area contributed by atoms with Crippen LogP contribution >= 0.6 is 7.82 Å². The largest absolute Gasteiger partial charge is 0.516 e. The number of anilines is 1. The van der Waals surface area contributed by atoms with Gasteiger partial charge in [0.15, 0.2) is 23.2 Å². The Morgan fingerprint density at radius 3 is 2.76 bits per heavy atom. The number of benzene rings is 1.